The van der Waals surface area contributed by atoms with Crippen LogP contribution in [0.25, 0.3) is 11.0 Å². The van der Waals surface area contributed by atoms with Gasteiger partial charge in [-0.25, -0.2) is 4.79 Å². The van der Waals surface area contributed by atoms with Gasteiger partial charge in [0.1, 0.15) is 5.58 Å². The summed E-state index contributed by atoms with van der Waals surface area (Å²) in [5, 5.41) is 3.66. The maximum atomic E-state index is 12.9. The Labute approximate surface area is 196 Å². The van der Waals surface area contributed by atoms with Crippen molar-refractivity contribution in [2.45, 2.75) is 19.9 Å². The van der Waals surface area contributed by atoms with E-state index in [1.54, 1.807) is 29.2 Å². The normalized spacial score (nSPS) is 10.8. The van der Waals surface area contributed by atoms with Gasteiger partial charge in [-0.3, -0.25) is 9.59 Å². The van der Waals surface area contributed by atoms with Gasteiger partial charge in [-0.2, -0.15) is 0 Å². The Morgan fingerprint density at radius 1 is 0.912 bits per heavy atom. The van der Waals surface area contributed by atoms with E-state index in [1.165, 1.54) is 0 Å². The molecule has 1 heterocycles. The number of amides is 1. The molecule has 0 saturated carbocycles. The predicted octanol–water partition coefficient (Wildman–Crippen LogP) is 5.14. The highest BCUT2D eigenvalue weighted by Gasteiger charge is 2.22. The van der Waals surface area contributed by atoms with Crippen molar-refractivity contribution in [1.29, 1.82) is 0 Å². The minimum Gasteiger partial charge on any atom is -0.450 e. The van der Waals surface area contributed by atoms with Crippen molar-refractivity contribution < 1.29 is 18.7 Å². The van der Waals surface area contributed by atoms with E-state index in [0.29, 0.717) is 11.1 Å². The molecule has 4 rings (SSSR count). The number of hydrogen-bond donors (Lipinski definition) is 1. The average molecular weight is 456 g/mol. The molecule has 172 valence electrons. The van der Waals surface area contributed by atoms with E-state index >= 15 is 0 Å². The van der Waals surface area contributed by atoms with Crippen LogP contribution in [0.1, 0.15) is 24.4 Å². The molecule has 34 heavy (non-hydrogen) atoms. The largest absolute Gasteiger partial charge is 0.450 e. The van der Waals surface area contributed by atoms with Gasteiger partial charge < -0.3 is 19.4 Å². The lowest BCUT2D eigenvalue weighted by Gasteiger charge is -2.27. The van der Waals surface area contributed by atoms with E-state index in [1.807, 2.05) is 68.4 Å². The van der Waals surface area contributed by atoms with Gasteiger partial charge in [0.05, 0.1) is 5.39 Å². The zero-order valence-electron chi connectivity index (χ0n) is 18.9. The first kappa shape index (κ1) is 22.8. The molecule has 0 spiro atoms. The summed E-state index contributed by atoms with van der Waals surface area (Å²) in [6.07, 6.45) is 0. The topological polar surface area (TPSA) is 88.8 Å². The second kappa shape index (κ2) is 10.0. The molecule has 3 aromatic carbocycles. The lowest BCUT2D eigenvalue weighted by molar-refractivity contribution is -0.122. The number of esters is 1. The van der Waals surface area contributed by atoms with Gasteiger partial charge in [-0.05, 0) is 62.4 Å². The lowest BCUT2D eigenvalue weighted by Crippen LogP contribution is -2.40. The smallest absolute Gasteiger partial charge is 0.374 e. The first-order valence-electron chi connectivity index (χ1n) is 10.9. The van der Waals surface area contributed by atoms with E-state index in [-0.39, 0.29) is 22.8 Å². The number of hydrogen-bond acceptors (Lipinski definition) is 6. The zero-order valence-corrected chi connectivity index (χ0v) is 18.9. The molecule has 4 aromatic rings. The molecule has 7 heteroatoms. The summed E-state index contributed by atoms with van der Waals surface area (Å²) >= 11 is 0. The highest BCUT2D eigenvalue weighted by atomic mass is 16.5. The van der Waals surface area contributed by atoms with Crippen LogP contribution in [0.3, 0.4) is 0 Å². The first-order chi connectivity index (χ1) is 16.4. The first-order valence-corrected chi connectivity index (χ1v) is 10.9. The van der Waals surface area contributed by atoms with E-state index in [9.17, 15) is 14.4 Å². The standard InChI is InChI=1S/C27H24N2O5/c1-18(2)29(21-14-12-20(13-15-21)28-19-8-4-3-5-9-19)26(31)17-33-27(32)25-16-23(30)22-10-6-7-11-24(22)34-25/h3-16,18,28H,17H2,1-2H3. The van der Waals surface area contributed by atoms with Crippen LogP contribution in [0.5, 0.6) is 0 Å². The summed E-state index contributed by atoms with van der Waals surface area (Å²) in [5.41, 5.74) is 2.43. The van der Waals surface area contributed by atoms with Crippen LogP contribution in [-0.2, 0) is 9.53 Å². The second-order valence-corrected chi connectivity index (χ2v) is 7.94. The Hall–Kier alpha value is -4.39. The average Bonchev–Trinajstić information content (AvgIpc) is 2.84. The van der Waals surface area contributed by atoms with Gasteiger partial charge in [0.15, 0.2) is 12.0 Å². The van der Waals surface area contributed by atoms with Crippen LogP contribution < -0.4 is 15.6 Å². The fraction of sp³-hybridized carbons (Fsp3) is 0.148. The van der Waals surface area contributed by atoms with E-state index < -0.39 is 18.5 Å². The minimum absolute atomic E-state index is 0.169. The third-order valence-corrected chi connectivity index (χ3v) is 5.16. The molecular weight excluding hydrogens is 432 g/mol. The minimum atomic E-state index is -0.873. The summed E-state index contributed by atoms with van der Waals surface area (Å²) in [5.74, 6) is -1.51. The van der Waals surface area contributed by atoms with Crippen molar-refractivity contribution >= 4 is 39.9 Å². The number of benzene rings is 3. The van der Waals surface area contributed by atoms with Gasteiger partial charge >= 0.3 is 5.97 Å². The second-order valence-electron chi connectivity index (χ2n) is 7.94. The van der Waals surface area contributed by atoms with Crippen LogP contribution in [0.15, 0.2) is 94.1 Å². The molecule has 0 unspecified atom stereocenters. The quantitative estimate of drug-likeness (QED) is 0.388. The van der Waals surface area contributed by atoms with Crippen LogP contribution >= 0.6 is 0 Å². The number of rotatable bonds is 7. The Morgan fingerprint density at radius 2 is 1.56 bits per heavy atom. The van der Waals surface area contributed by atoms with Crippen molar-refractivity contribution in [2.24, 2.45) is 0 Å². The Kier molecular flexibility index (Phi) is 6.73. The van der Waals surface area contributed by atoms with Gasteiger partial charge in [0, 0.05) is 29.2 Å². The van der Waals surface area contributed by atoms with Crippen LogP contribution in [0.2, 0.25) is 0 Å². The molecule has 0 fully saturated rings. The van der Waals surface area contributed by atoms with E-state index in [0.717, 1.165) is 17.4 Å². The molecule has 1 amide bonds. The third-order valence-electron chi connectivity index (χ3n) is 5.16. The predicted molar refractivity (Wildman–Crippen MR) is 132 cm³/mol. The van der Waals surface area contributed by atoms with Gasteiger partial charge in [-0.1, -0.05) is 30.3 Å². The molecule has 0 bridgehead atoms. The molecular formula is C27H24N2O5. The summed E-state index contributed by atoms with van der Waals surface area (Å²) in [4.78, 5) is 39.1. The fourth-order valence-electron chi connectivity index (χ4n) is 3.60. The maximum absolute atomic E-state index is 12.9. The number of nitrogens with one attached hydrogen (secondary N) is 1. The van der Waals surface area contributed by atoms with Gasteiger partial charge in [0.25, 0.3) is 5.91 Å². The van der Waals surface area contributed by atoms with Crippen LogP contribution in [0.4, 0.5) is 17.1 Å². The molecule has 0 aliphatic heterocycles. The number of anilines is 3. The SMILES string of the molecule is CC(C)N(C(=O)COC(=O)c1cc(=O)c2ccccc2o1)c1ccc(Nc2ccccc2)cc1. The molecule has 0 radical (unpaired) electrons. The molecule has 0 aliphatic rings. The molecule has 0 atom stereocenters. The summed E-state index contributed by atoms with van der Waals surface area (Å²) in [7, 11) is 0. The molecule has 7 nitrogen and oxygen atoms in total. The van der Waals surface area contributed by atoms with Crippen molar-refractivity contribution in [2.75, 3.05) is 16.8 Å². The van der Waals surface area contributed by atoms with Gasteiger partial charge in [-0.15, -0.1) is 0 Å². The number of carbonyl (C=O) groups excluding carboxylic acids is 2. The van der Waals surface area contributed by atoms with Crippen LogP contribution in [-0.4, -0.2) is 24.5 Å². The molecule has 1 aromatic heterocycles. The van der Waals surface area contributed by atoms with Crippen LogP contribution in [0, 0.1) is 0 Å². The van der Waals surface area contributed by atoms with E-state index in [2.05, 4.69) is 5.32 Å². The molecule has 0 saturated heterocycles. The van der Waals surface area contributed by atoms with Crippen molar-refractivity contribution in [1.82, 2.24) is 0 Å². The number of carbonyl (C=O) groups is 2. The lowest BCUT2D eigenvalue weighted by atomic mass is 10.2. The Morgan fingerprint density at radius 3 is 2.26 bits per heavy atom. The fourth-order valence-corrected chi connectivity index (χ4v) is 3.60. The molecule has 0 aliphatic carbocycles. The van der Waals surface area contributed by atoms with Gasteiger partial charge in [0.2, 0.25) is 5.76 Å². The summed E-state index contributed by atoms with van der Waals surface area (Å²) in [6, 6.07) is 24.7. The van der Waals surface area contributed by atoms with E-state index in [4.69, 9.17) is 9.15 Å². The molecule has 1 N–H and O–H groups in total. The number of fused-ring (bicyclic) bond motifs is 1. The highest BCUT2D eigenvalue weighted by molar-refractivity contribution is 5.97. The van der Waals surface area contributed by atoms with Crippen molar-refractivity contribution in [3.05, 3.63) is 101 Å². The number of nitrogens with zero attached hydrogens (tertiary/aromatic N) is 1. The third kappa shape index (κ3) is 5.15. The van der Waals surface area contributed by atoms with Crippen molar-refractivity contribution in [3.8, 4) is 0 Å². The monoisotopic (exact) mass is 456 g/mol. The summed E-state index contributed by atoms with van der Waals surface area (Å²) < 4.78 is 10.7. The number of ether oxygens (including phenoxy) is 1. The summed E-state index contributed by atoms with van der Waals surface area (Å²) in [6.45, 7) is 3.26. The Bertz CT molecular complexity index is 1360. The Balaban J connectivity index is 1.44. The highest BCUT2D eigenvalue weighted by Crippen LogP contribution is 2.23. The number of para-hydroxylation sites is 2. The zero-order chi connectivity index (χ0) is 24.1. The maximum Gasteiger partial charge on any atom is 0.374 e. The van der Waals surface area contributed by atoms with Crippen molar-refractivity contribution in [3.63, 3.8) is 0 Å².